The fourth-order valence-electron chi connectivity index (χ4n) is 3.71. The molecule has 0 bridgehead atoms. The maximum absolute atomic E-state index is 16.0. The van der Waals surface area contributed by atoms with Gasteiger partial charge in [-0.1, -0.05) is 24.3 Å². The maximum Gasteiger partial charge on any atom is 0.422 e. The van der Waals surface area contributed by atoms with Crippen molar-refractivity contribution in [1.82, 2.24) is 25.2 Å². The van der Waals surface area contributed by atoms with E-state index < -0.39 is 53.7 Å². The molecule has 7 nitrogen and oxygen atoms in total. The van der Waals surface area contributed by atoms with Crippen LogP contribution in [0.4, 0.5) is 30.7 Å². The smallest absolute Gasteiger partial charge is 0.422 e. The minimum Gasteiger partial charge on any atom is -0.484 e. The van der Waals surface area contributed by atoms with E-state index in [1.165, 1.54) is 37.3 Å². The number of hydrogen-bond donors (Lipinski definition) is 1. The van der Waals surface area contributed by atoms with Crippen LogP contribution in [0.15, 0.2) is 60.8 Å². The van der Waals surface area contributed by atoms with Gasteiger partial charge in [0.2, 0.25) is 0 Å². The Hall–Kier alpha value is -4.07. The molecule has 4 aromatic rings. The average Bonchev–Trinajstić information content (AvgIpc) is 3.26. The summed E-state index contributed by atoms with van der Waals surface area (Å²) in [4.78, 5) is 4.61. The monoisotopic (exact) mass is 540 g/mol. The van der Waals surface area contributed by atoms with Crippen molar-refractivity contribution in [2.75, 3.05) is 6.61 Å². The molecule has 0 radical (unpaired) electrons. The van der Waals surface area contributed by atoms with Crippen molar-refractivity contribution in [3.05, 3.63) is 89.5 Å². The van der Waals surface area contributed by atoms with Crippen molar-refractivity contribution < 1.29 is 35.5 Å². The van der Waals surface area contributed by atoms with Gasteiger partial charge in [-0.2, -0.15) is 26.7 Å². The Morgan fingerprint density at radius 1 is 0.921 bits per heavy atom. The van der Waals surface area contributed by atoms with Gasteiger partial charge in [0.05, 0.1) is 6.54 Å². The van der Waals surface area contributed by atoms with Crippen LogP contribution in [-0.2, 0) is 18.0 Å². The van der Waals surface area contributed by atoms with Crippen LogP contribution in [-0.4, -0.2) is 38.0 Å². The standard InChI is InChI=1S/C24H19F7N6O/c1-14-34-36-37(35-14)12-22(32,19-8-5-17(25)10-20(19)26)24(30,31)21-9-4-16(11-33-21)15-2-6-18(7-3-15)38-13-23(27,28)29/h2-11H,12-13,32H2,1H3. The van der Waals surface area contributed by atoms with Crippen LogP contribution in [0, 0.1) is 18.6 Å². The van der Waals surface area contributed by atoms with E-state index in [9.17, 15) is 22.0 Å². The molecule has 2 heterocycles. The Balaban J connectivity index is 1.66. The molecular weight excluding hydrogens is 521 g/mol. The highest BCUT2D eigenvalue weighted by Gasteiger charge is 2.56. The van der Waals surface area contributed by atoms with E-state index in [0.29, 0.717) is 17.2 Å². The average molecular weight is 540 g/mol. The van der Waals surface area contributed by atoms with Gasteiger partial charge in [0, 0.05) is 23.4 Å². The molecule has 0 spiro atoms. The van der Waals surface area contributed by atoms with Crippen molar-refractivity contribution in [2.24, 2.45) is 5.73 Å². The number of pyridine rings is 1. The first-order chi connectivity index (χ1) is 17.8. The molecule has 0 saturated carbocycles. The number of nitrogens with two attached hydrogens (primary N) is 1. The summed E-state index contributed by atoms with van der Waals surface area (Å²) < 4.78 is 102. The molecular formula is C24H19F7N6O. The number of tetrazole rings is 1. The van der Waals surface area contributed by atoms with E-state index in [4.69, 9.17) is 5.73 Å². The van der Waals surface area contributed by atoms with Gasteiger partial charge in [0.15, 0.2) is 12.4 Å². The highest BCUT2D eigenvalue weighted by molar-refractivity contribution is 5.63. The number of halogens is 7. The van der Waals surface area contributed by atoms with Crippen molar-refractivity contribution in [2.45, 2.75) is 31.1 Å². The normalized spacial score (nSPS) is 13.8. The van der Waals surface area contributed by atoms with Crippen LogP contribution >= 0.6 is 0 Å². The highest BCUT2D eigenvalue weighted by atomic mass is 19.4. The van der Waals surface area contributed by atoms with Crippen molar-refractivity contribution >= 4 is 0 Å². The van der Waals surface area contributed by atoms with Crippen LogP contribution in [0.25, 0.3) is 11.1 Å². The molecule has 0 aliphatic carbocycles. The molecule has 1 unspecified atom stereocenters. The van der Waals surface area contributed by atoms with Crippen molar-refractivity contribution in [3.63, 3.8) is 0 Å². The minimum atomic E-state index is -4.50. The number of aromatic nitrogens is 5. The number of aryl methyl sites for hydroxylation is 1. The first-order valence-electron chi connectivity index (χ1n) is 10.9. The molecule has 1 atom stereocenters. The summed E-state index contributed by atoms with van der Waals surface area (Å²) in [5.41, 5.74) is 2.65. The van der Waals surface area contributed by atoms with E-state index in [1.807, 2.05) is 0 Å². The molecule has 2 aromatic carbocycles. The number of benzene rings is 2. The van der Waals surface area contributed by atoms with Gasteiger partial charge in [0.25, 0.3) is 0 Å². The summed E-state index contributed by atoms with van der Waals surface area (Å²) in [6.07, 6.45) is -3.39. The number of ether oxygens (including phenoxy) is 1. The third-order valence-electron chi connectivity index (χ3n) is 5.59. The topological polar surface area (TPSA) is 91.7 Å². The lowest BCUT2D eigenvalue weighted by molar-refractivity contribution is -0.153. The SMILES string of the molecule is Cc1nnn(CC(N)(c2ccc(F)cc2F)C(F)(F)c2ccc(-c3ccc(OCC(F)(F)F)cc3)cn2)n1. The molecule has 38 heavy (non-hydrogen) atoms. The second-order valence-electron chi connectivity index (χ2n) is 8.40. The van der Waals surface area contributed by atoms with Crippen molar-refractivity contribution in [1.29, 1.82) is 0 Å². The molecule has 2 aromatic heterocycles. The first-order valence-corrected chi connectivity index (χ1v) is 10.9. The Labute approximate surface area is 211 Å². The molecule has 0 fully saturated rings. The lowest BCUT2D eigenvalue weighted by Crippen LogP contribution is -2.55. The van der Waals surface area contributed by atoms with Crippen LogP contribution in [0.1, 0.15) is 17.1 Å². The van der Waals surface area contributed by atoms with E-state index in [0.717, 1.165) is 29.2 Å². The second kappa shape index (κ2) is 10.0. The van der Waals surface area contributed by atoms with Crippen LogP contribution in [0.2, 0.25) is 0 Å². The minimum absolute atomic E-state index is 0.0339. The molecule has 0 amide bonds. The number of rotatable bonds is 8. The molecule has 4 rings (SSSR count). The summed E-state index contributed by atoms with van der Waals surface area (Å²) in [6.45, 7) is -0.823. The Kier molecular flexibility index (Phi) is 7.10. The molecule has 0 saturated heterocycles. The van der Waals surface area contributed by atoms with E-state index >= 15 is 8.78 Å². The largest absolute Gasteiger partial charge is 0.484 e. The van der Waals surface area contributed by atoms with Gasteiger partial charge in [0.1, 0.15) is 28.6 Å². The lowest BCUT2D eigenvalue weighted by atomic mass is 9.82. The third kappa shape index (κ3) is 5.59. The molecule has 200 valence electrons. The molecule has 0 aliphatic heterocycles. The van der Waals surface area contributed by atoms with Crippen LogP contribution < -0.4 is 10.5 Å². The Morgan fingerprint density at radius 3 is 2.16 bits per heavy atom. The predicted molar refractivity (Wildman–Crippen MR) is 120 cm³/mol. The number of hydrogen-bond acceptors (Lipinski definition) is 6. The van der Waals surface area contributed by atoms with E-state index in [1.54, 1.807) is 0 Å². The molecule has 14 heteroatoms. The zero-order valence-corrected chi connectivity index (χ0v) is 19.6. The van der Waals surface area contributed by atoms with Crippen molar-refractivity contribution in [3.8, 4) is 16.9 Å². The van der Waals surface area contributed by atoms with Crippen LogP contribution in [0.3, 0.4) is 0 Å². The Bertz CT molecular complexity index is 1410. The van der Waals surface area contributed by atoms with E-state index in [-0.39, 0.29) is 11.6 Å². The summed E-state index contributed by atoms with van der Waals surface area (Å²) in [7, 11) is 0. The number of alkyl halides is 5. The predicted octanol–water partition coefficient (Wildman–Crippen LogP) is 4.91. The summed E-state index contributed by atoms with van der Waals surface area (Å²) in [5, 5.41) is 11.1. The third-order valence-corrected chi connectivity index (χ3v) is 5.59. The van der Waals surface area contributed by atoms with Crippen LogP contribution in [0.5, 0.6) is 5.75 Å². The van der Waals surface area contributed by atoms with E-state index in [2.05, 4.69) is 25.1 Å². The fraction of sp³-hybridized carbons (Fsp3) is 0.250. The zero-order chi connectivity index (χ0) is 27.7. The van der Waals surface area contributed by atoms with Gasteiger partial charge in [-0.3, -0.25) is 4.98 Å². The number of nitrogens with zero attached hydrogens (tertiary/aromatic N) is 5. The first kappa shape index (κ1) is 27.0. The van der Waals surface area contributed by atoms with Gasteiger partial charge in [-0.05, 0) is 42.0 Å². The van der Waals surface area contributed by atoms with Gasteiger partial charge < -0.3 is 10.5 Å². The summed E-state index contributed by atoms with van der Waals surface area (Å²) >= 11 is 0. The maximum atomic E-state index is 16.0. The fourth-order valence-corrected chi connectivity index (χ4v) is 3.71. The van der Waals surface area contributed by atoms with Gasteiger partial charge in [-0.15, -0.1) is 10.2 Å². The quantitative estimate of drug-likeness (QED) is 0.320. The van der Waals surface area contributed by atoms with Gasteiger partial charge in [-0.25, -0.2) is 8.78 Å². The second-order valence-corrected chi connectivity index (χ2v) is 8.40. The summed E-state index contributed by atoms with van der Waals surface area (Å²) in [5.74, 6) is -6.18. The van der Waals surface area contributed by atoms with Gasteiger partial charge >= 0.3 is 12.1 Å². The molecule has 2 N–H and O–H groups in total. The summed E-state index contributed by atoms with van der Waals surface area (Å²) in [6, 6.07) is 9.77. The highest BCUT2D eigenvalue weighted by Crippen LogP contribution is 2.45. The Morgan fingerprint density at radius 2 is 1.61 bits per heavy atom. The lowest BCUT2D eigenvalue weighted by Gasteiger charge is -2.36. The molecule has 0 aliphatic rings. The zero-order valence-electron chi connectivity index (χ0n) is 19.6.